The number of likely N-dealkylation sites (N-methyl/N-ethyl adjacent to an activating group) is 1. The number of carbonyl (C=O) groups is 3. The number of alkyl halides is 1. The molecule has 0 unspecified atom stereocenters. The maximum absolute atomic E-state index is 13.3. The van der Waals surface area contributed by atoms with Crippen LogP contribution in [0, 0.1) is 0 Å². The van der Waals surface area contributed by atoms with Gasteiger partial charge in [0.2, 0.25) is 0 Å². The molecule has 0 saturated carbocycles. The summed E-state index contributed by atoms with van der Waals surface area (Å²) in [7, 11) is -3.11. The molecular formula is C11H17FLiN5O7S. The van der Waals surface area contributed by atoms with Crippen LogP contribution >= 0.6 is 0 Å². The topological polar surface area (TPSA) is 163 Å². The van der Waals surface area contributed by atoms with Gasteiger partial charge in [0.15, 0.2) is 0 Å². The number of carbonyl (C=O) groups excluding carboxylic acids is 2. The van der Waals surface area contributed by atoms with Crippen LogP contribution in [0.1, 0.15) is 6.92 Å². The zero-order valence-corrected chi connectivity index (χ0v) is 13.9. The Morgan fingerprint density at radius 3 is 2.62 bits per heavy atom. The average molecular weight is 389 g/mol. The van der Waals surface area contributed by atoms with Crippen molar-refractivity contribution >= 4 is 47.0 Å². The molecule has 2 rings (SSSR count). The summed E-state index contributed by atoms with van der Waals surface area (Å²) in [5.74, 6) is -2.72. The molecule has 1 saturated heterocycles. The molecule has 3 atom stereocenters. The Hall–Kier alpha value is -1.69. The molecule has 0 aromatic rings. The van der Waals surface area contributed by atoms with E-state index < -0.39 is 46.6 Å². The molecule has 2 aliphatic rings. The quantitative estimate of drug-likeness (QED) is 0.252. The third kappa shape index (κ3) is 4.53. The van der Waals surface area contributed by atoms with Gasteiger partial charge in [-0.15, -0.1) is 4.83 Å². The van der Waals surface area contributed by atoms with E-state index in [-0.39, 0.29) is 25.4 Å². The number of urea groups is 1. The first-order chi connectivity index (χ1) is 11.4. The third-order valence-electron chi connectivity index (χ3n) is 3.55. The molecule has 4 N–H and O–H groups in total. The van der Waals surface area contributed by atoms with E-state index in [1.54, 1.807) is 4.83 Å². The molecular weight excluding hydrogens is 372 g/mol. The van der Waals surface area contributed by atoms with Crippen LogP contribution in [0.4, 0.5) is 9.18 Å². The fraction of sp³-hybridized carbons (Fsp3) is 0.545. The van der Waals surface area contributed by atoms with E-state index >= 15 is 0 Å². The maximum atomic E-state index is 13.3. The molecule has 0 aromatic heterocycles. The molecule has 15 heteroatoms. The Kier molecular flexibility index (Phi) is 6.79. The number of halogens is 1. The first-order valence-electron chi connectivity index (χ1n) is 6.82. The van der Waals surface area contributed by atoms with E-state index in [0.29, 0.717) is 15.6 Å². The van der Waals surface area contributed by atoms with E-state index in [4.69, 9.17) is 10.2 Å². The number of hydrogen-bond acceptors (Lipinski definition) is 6. The number of carboxylic acid groups (broad SMARTS) is 1. The predicted molar refractivity (Wildman–Crippen MR) is 85.1 cm³/mol. The second-order valence-electron chi connectivity index (χ2n) is 5.43. The Balaban J connectivity index is 0.00000338. The van der Waals surface area contributed by atoms with Crippen LogP contribution in [0.3, 0.4) is 0 Å². The van der Waals surface area contributed by atoms with Crippen LogP contribution in [0.15, 0.2) is 11.6 Å². The number of nitrogens with one attached hydrogen (secondary N) is 1. The molecule has 12 nitrogen and oxygen atoms in total. The summed E-state index contributed by atoms with van der Waals surface area (Å²) >= 11 is 0. The fourth-order valence-corrected chi connectivity index (χ4v) is 3.09. The monoisotopic (exact) mass is 389 g/mol. The van der Waals surface area contributed by atoms with E-state index in [0.717, 1.165) is 11.9 Å². The van der Waals surface area contributed by atoms with Crippen LogP contribution < -0.4 is 9.97 Å². The standard InChI is InChI=1S/C11H16FN5O7S.Li.H/c1-5-3-6-4-16(11(21)17(6)24-8(12)10(19)20)7(5)9(18)15(2)14-25(13,22)23;;/h3,6-8,14H,4H2,1-2H3,(H,19,20)(H2,13,22,23);;/t6-,7+,8-;;/m1../s1. The van der Waals surface area contributed by atoms with E-state index in [1.165, 1.54) is 13.0 Å². The predicted octanol–water partition coefficient (Wildman–Crippen LogP) is -2.75. The summed E-state index contributed by atoms with van der Waals surface area (Å²) in [5.41, 5.74) is 0.370. The van der Waals surface area contributed by atoms with Crippen molar-refractivity contribution in [1.29, 1.82) is 0 Å². The number of nitrogens with zero attached hydrogens (tertiary/aromatic N) is 3. The normalized spacial score (nSPS) is 23.2. The number of carboxylic acids is 1. The molecule has 1 fully saturated rings. The SMILES string of the molecule is CC1=C[C@@H]2CN(C(=O)N2O[C@@H](F)C(=O)O)[C@@H]1C(=O)N(C)NS(N)(=O)=O.[LiH]. The van der Waals surface area contributed by atoms with Gasteiger partial charge in [-0.05, 0) is 12.5 Å². The Bertz CT molecular complexity index is 747. The van der Waals surface area contributed by atoms with Crippen molar-refractivity contribution in [3.8, 4) is 0 Å². The van der Waals surface area contributed by atoms with Crippen molar-refractivity contribution in [2.75, 3.05) is 13.6 Å². The van der Waals surface area contributed by atoms with E-state index in [2.05, 4.69) is 4.84 Å². The molecule has 142 valence electrons. The van der Waals surface area contributed by atoms with Gasteiger partial charge in [0.25, 0.3) is 16.1 Å². The van der Waals surface area contributed by atoms with Crippen LogP contribution in [0.2, 0.25) is 0 Å². The third-order valence-corrected chi connectivity index (χ3v) is 4.07. The molecule has 2 bridgehead atoms. The molecule has 0 spiro atoms. The van der Waals surface area contributed by atoms with Gasteiger partial charge < -0.3 is 10.0 Å². The van der Waals surface area contributed by atoms with E-state index in [9.17, 15) is 27.2 Å². The van der Waals surface area contributed by atoms with Crippen molar-refractivity contribution in [2.24, 2.45) is 5.14 Å². The van der Waals surface area contributed by atoms with Crippen LogP contribution in [0.25, 0.3) is 0 Å². The molecule has 0 aliphatic carbocycles. The zero-order valence-electron chi connectivity index (χ0n) is 13.1. The summed E-state index contributed by atoms with van der Waals surface area (Å²) in [6, 6.07) is -2.89. The van der Waals surface area contributed by atoms with Gasteiger partial charge in [0.05, 0.1) is 12.6 Å². The summed E-state index contributed by atoms with van der Waals surface area (Å²) < 4.78 is 35.3. The average Bonchev–Trinajstić information content (AvgIpc) is 2.70. The Morgan fingerprint density at radius 1 is 1.54 bits per heavy atom. The number of fused-ring (bicyclic) bond motifs is 2. The van der Waals surface area contributed by atoms with Gasteiger partial charge >= 0.3 is 37.2 Å². The molecule has 26 heavy (non-hydrogen) atoms. The number of rotatable bonds is 6. The van der Waals surface area contributed by atoms with Crippen LogP contribution in [0.5, 0.6) is 0 Å². The van der Waals surface area contributed by atoms with Crippen LogP contribution in [-0.2, 0) is 24.6 Å². The molecule has 2 aliphatic heterocycles. The molecule has 0 aromatic carbocycles. The summed E-state index contributed by atoms with van der Waals surface area (Å²) in [6.45, 7) is 1.44. The molecule has 0 radical (unpaired) electrons. The van der Waals surface area contributed by atoms with Crippen LogP contribution in [-0.4, -0.2) is 97.3 Å². The number of aliphatic carboxylic acids is 1. The molecule has 2 heterocycles. The summed E-state index contributed by atoms with van der Waals surface area (Å²) in [5, 5.41) is 14.5. The van der Waals surface area contributed by atoms with Gasteiger partial charge in [-0.2, -0.15) is 13.5 Å². The number of hydrazine groups is 1. The molecule has 3 amide bonds. The fourth-order valence-electron chi connectivity index (χ4n) is 2.61. The van der Waals surface area contributed by atoms with Crippen molar-refractivity contribution in [2.45, 2.75) is 25.4 Å². The number of amides is 3. The van der Waals surface area contributed by atoms with Crippen molar-refractivity contribution in [3.63, 3.8) is 0 Å². The first-order valence-corrected chi connectivity index (χ1v) is 8.36. The summed E-state index contributed by atoms with van der Waals surface area (Å²) in [6.07, 6.45) is -1.32. The number of hydroxylamine groups is 2. The zero-order chi connectivity index (χ0) is 19.1. The Labute approximate surface area is 160 Å². The van der Waals surface area contributed by atoms with Gasteiger partial charge in [0.1, 0.15) is 6.04 Å². The number of nitrogens with two attached hydrogens (primary N) is 1. The van der Waals surface area contributed by atoms with Crippen molar-refractivity contribution in [1.82, 2.24) is 19.8 Å². The minimum absolute atomic E-state index is 0. The van der Waals surface area contributed by atoms with Gasteiger partial charge in [-0.1, -0.05) is 6.08 Å². The minimum atomic E-state index is -4.21. The summed E-state index contributed by atoms with van der Waals surface area (Å²) in [4.78, 5) is 42.5. The van der Waals surface area contributed by atoms with Crippen molar-refractivity contribution in [3.05, 3.63) is 11.6 Å². The first kappa shape index (κ1) is 22.3. The van der Waals surface area contributed by atoms with Gasteiger partial charge in [0, 0.05) is 7.05 Å². The van der Waals surface area contributed by atoms with Crippen molar-refractivity contribution < 1.29 is 37.1 Å². The second-order valence-corrected chi connectivity index (χ2v) is 6.71. The van der Waals surface area contributed by atoms with E-state index in [1.807, 2.05) is 0 Å². The number of hydrogen-bond donors (Lipinski definition) is 3. The van der Waals surface area contributed by atoms with Gasteiger partial charge in [-0.3, -0.25) is 9.80 Å². The van der Waals surface area contributed by atoms with Gasteiger partial charge in [-0.25, -0.2) is 24.0 Å². The second kappa shape index (κ2) is 7.90. The Morgan fingerprint density at radius 2 is 2.12 bits per heavy atom.